The zero-order chi connectivity index (χ0) is 33.3. The van der Waals surface area contributed by atoms with Gasteiger partial charge in [-0.1, -0.05) is 18.6 Å². The fourth-order valence-corrected chi connectivity index (χ4v) is 9.03. The van der Waals surface area contributed by atoms with Crippen LogP contribution < -0.4 is 20.1 Å². The van der Waals surface area contributed by atoms with Gasteiger partial charge in [0.05, 0.1) is 35.7 Å². The Bertz CT molecular complexity index is 1980. The van der Waals surface area contributed by atoms with Gasteiger partial charge in [0.15, 0.2) is 11.6 Å². The van der Waals surface area contributed by atoms with Crippen LogP contribution in [0.5, 0.6) is 11.9 Å². The quantitative estimate of drug-likeness (QED) is 0.271. The molecule has 3 atom stereocenters. The molecule has 0 amide bonds. The van der Waals surface area contributed by atoms with Gasteiger partial charge in [0.25, 0.3) is 0 Å². The molecule has 5 aliphatic rings. The van der Waals surface area contributed by atoms with E-state index in [0.717, 1.165) is 74.7 Å². The van der Waals surface area contributed by atoms with Crippen molar-refractivity contribution >= 4 is 33.4 Å². The Balaban J connectivity index is 1.22. The zero-order valence-corrected chi connectivity index (χ0v) is 28.2. The first-order chi connectivity index (χ1) is 23.9. The number of anilines is 2. The first-order valence-corrected chi connectivity index (χ1v) is 17.7. The summed E-state index contributed by atoms with van der Waals surface area (Å²) in [6.07, 6.45) is 8.96. The van der Waals surface area contributed by atoms with E-state index in [9.17, 15) is 0 Å². The number of pyridine rings is 1. The predicted molar refractivity (Wildman–Crippen MR) is 184 cm³/mol. The average Bonchev–Trinajstić information content (AvgIpc) is 3.67. The fraction of sp³-hybridized carbons (Fsp3) is 0.556. The zero-order valence-electron chi connectivity index (χ0n) is 28.2. The van der Waals surface area contributed by atoms with Gasteiger partial charge in [0, 0.05) is 32.4 Å². The number of nitrogens with two attached hydrogens (primary N) is 1. The molecule has 0 unspecified atom stereocenters. The molecule has 9 rings (SSSR count). The summed E-state index contributed by atoms with van der Waals surface area (Å²) in [5.74, 6) is 0.839. The van der Waals surface area contributed by atoms with E-state index in [2.05, 4.69) is 39.1 Å². The fourth-order valence-electron chi connectivity index (χ4n) is 9.03. The molecule has 0 bridgehead atoms. The second-order valence-corrected chi connectivity index (χ2v) is 14.4. The highest BCUT2D eigenvalue weighted by molar-refractivity contribution is 6.06. The lowest BCUT2D eigenvalue weighted by atomic mass is 9.79. The van der Waals surface area contributed by atoms with E-state index in [1.165, 1.54) is 5.57 Å². The van der Waals surface area contributed by atoms with Crippen LogP contribution in [0.25, 0.3) is 33.1 Å². The summed E-state index contributed by atoms with van der Waals surface area (Å²) in [7, 11) is 1.72. The lowest BCUT2D eigenvalue weighted by Crippen LogP contribution is -2.43. The van der Waals surface area contributed by atoms with Crippen LogP contribution in [0.1, 0.15) is 62.5 Å². The summed E-state index contributed by atoms with van der Waals surface area (Å²) in [6, 6.07) is 2.14. The van der Waals surface area contributed by atoms with Gasteiger partial charge in [-0.25, -0.2) is 9.37 Å². The third-order valence-corrected chi connectivity index (χ3v) is 11.4. The molecule has 3 saturated heterocycles. The Labute approximate surface area is 284 Å². The Morgan fingerprint density at radius 3 is 2.98 bits per heavy atom. The van der Waals surface area contributed by atoms with Gasteiger partial charge in [-0.05, 0) is 74.6 Å². The van der Waals surface area contributed by atoms with Crippen molar-refractivity contribution in [3.63, 3.8) is 0 Å². The minimum atomic E-state index is -0.542. The number of aromatic nitrogens is 5. The van der Waals surface area contributed by atoms with E-state index in [4.69, 9.17) is 39.6 Å². The van der Waals surface area contributed by atoms with Crippen LogP contribution in [-0.4, -0.2) is 101 Å². The Kier molecular flexibility index (Phi) is 7.62. The summed E-state index contributed by atoms with van der Waals surface area (Å²) in [5.41, 5.74) is 11.6. The van der Waals surface area contributed by atoms with Crippen molar-refractivity contribution in [3.05, 3.63) is 34.7 Å². The molecular weight excluding hydrogens is 627 g/mol. The molecule has 7 heterocycles. The number of halogens is 1. The molecule has 1 aliphatic carbocycles. The molecule has 13 heteroatoms. The van der Waals surface area contributed by atoms with E-state index in [0.29, 0.717) is 73.4 Å². The smallest absolute Gasteiger partial charge is 0.319 e. The van der Waals surface area contributed by atoms with Crippen molar-refractivity contribution < 1.29 is 23.3 Å². The number of H-pyrrole nitrogens is 1. The third kappa shape index (κ3) is 5.03. The van der Waals surface area contributed by atoms with E-state index in [1.807, 2.05) is 0 Å². The van der Waals surface area contributed by atoms with Crippen molar-refractivity contribution in [2.45, 2.75) is 69.4 Å². The summed E-state index contributed by atoms with van der Waals surface area (Å²) in [4.78, 5) is 19.5. The minimum Gasteiger partial charge on any atom is -0.475 e. The molecular formula is C36H43FN8O4. The number of methoxy groups -OCH3 is 1. The summed E-state index contributed by atoms with van der Waals surface area (Å²) >= 11 is 0. The summed E-state index contributed by atoms with van der Waals surface area (Å²) in [6.45, 7) is 7.22. The van der Waals surface area contributed by atoms with Crippen molar-refractivity contribution in [2.75, 3.05) is 70.4 Å². The molecule has 49 heavy (non-hydrogen) atoms. The number of nitrogens with zero attached hydrogens (tertiary/aromatic N) is 6. The highest BCUT2D eigenvalue weighted by Gasteiger charge is 2.47. The van der Waals surface area contributed by atoms with Gasteiger partial charge in [0.2, 0.25) is 5.88 Å². The highest BCUT2D eigenvalue weighted by atomic mass is 19.1. The number of hydrogen-bond acceptors (Lipinski definition) is 11. The first-order valence-electron chi connectivity index (χ1n) is 17.7. The van der Waals surface area contributed by atoms with Crippen LogP contribution in [0.15, 0.2) is 17.7 Å². The number of ether oxygens (including phenoxy) is 4. The molecule has 0 saturated carbocycles. The average molecular weight is 671 g/mol. The molecule has 4 aromatic rings. The van der Waals surface area contributed by atoms with Gasteiger partial charge < -0.3 is 29.6 Å². The largest absolute Gasteiger partial charge is 0.475 e. The normalized spacial score (nSPS) is 26.0. The van der Waals surface area contributed by atoms with Crippen LogP contribution in [-0.2, 0) is 15.9 Å². The maximum absolute atomic E-state index is 17.5. The van der Waals surface area contributed by atoms with Gasteiger partial charge in [-0.3, -0.25) is 10.00 Å². The van der Waals surface area contributed by atoms with Crippen LogP contribution in [0.2, 0.25) is 0 Å². The van der Waals surface area contributed by atoms with E-state index < -0.39 is 5.82 Å². The molecule has 3 fully saturated rings. The van der Waals surface area contributed by atoms with Crippen LogP contribution in [0.3, 0.4) is 0 Å². The summed E-state index contributed by atoms with van der Waals surface area (Å²) < 4.78 is 41.7. The van der Waals surface area contributed by atoms with Crippen molar-refractivity contribution in [3.8, 4) is 23.1 Å². The van der Waals surface area contributed by atoms with Crippen LogP contribution in [0.4, 0.5) is 16.0 Å². The monoisotopic (exact) mass is 670 g/mol. The van der Waals surface area contributed by atoms with Crippen molar-refractivity contribution in [1.29, 1.82) is 0 Å². The molecule has 12 nitrogen and oxygen atoms in total. The standard InChI is InChI=1S/C36H43FN8O4/c1-20-6-3-7-22-14-24-26(32(38)43-42-24)27(25(20)22)30-29(37)31-28-33(45-11-5-12-47-17-23(45)18-48-34(28)39-30)41-35(40-31)49-19-36-9-4-10-44(36)16-21(15-36)8-13-46-2/h8,14,20,23H,3-7,9-13,15-19H2,1-2H3,(H3,38,42,43)/b21-8-/t20-,23+,36+/m1/s1. The Hall–Kier alpha value is -4.07. The van der Waals surface area contributed by atoms with Crippen molar-refractivity contribution in [2.24, 2.45) is 0 Å². The first kappa shape index (κ1) is 30.9. The second-order valence-electron chi connectivity index (χ2n) is 14.4. The second kappa shape index (κ2) is 12.1. The molecule has 0 radical (unpaired) electrons. The lowest BCUT2D eigenvalue weighted by Gasteiger charge is -2.31. The Morgan fingerprint density at radius 1 is 1.16 bits per heavy atom. The van der Waals surface area contributed by atoms with Gasteiger partial charge in [-0.2, -0.15) is 15.1 Å². The van der Waals surface area contributed by atoms with E-state index in [1.54, 1.807) is 7.11 Å². The van der Waals surface area contributed by atoms with Crippen molar-refractivity contribution in [1.82, 2.24) is 30.0 Å². The van der Waals surface area contributed by atoms with Gasteiger partial charge in [-0.15, -0.1) is 0 Å². The van der Waals surface area contributed by atoms with Crippen LogP contribution >= 0.6 is 0 Å². The number of fused-ring (bicyclic) bond motifs is 5. The number of aryl methyl sites for hydroxylation is 1. The number of aromatic amines is 1. The number of rotatable bonds is 6. The highest BCUT2D eigenvalue weighted by Crippen LogP contribution is 2.48. The summed E-state index contributed by atoms with van der Waals surface area (Å²) in [5, 5.41) is 8.52. The Morgan fingerprint density at radius 2 is 2.08 bits per heavy atom. The number of benzene rings is 1. The molecule has 4 aliphatic heterocycles. The minimum absolute atomic E-state index is 0.123. The number of nitrogens with one attached hydrogen (secondary N) is 1. The lowest BCUT2D eigenvalue weighted by molar-refractivity contribution is 0.108. The van der Waals surface area contributed by atoms with Crippen LogP contribution in [0, 0.1) is 5.82 Å². The molecule has 1 aromatic carbocycles. The topological polar surface area (TPSA) is 137 Å². The number of hydrogen-bond donors (Lipinski definition) is 2. The molecule has 0 spiro atoms. The van der Waals surface area contributed by atoms with Gasteiger partial charge in [0.1, 0.15) is 35.6 Å². The predicted octanol–water partition coefficient (Wildman–Crippen LogP) is 4.91. The maximum atomic E-state index is 17.5. The van der Waals surface area contributed by atoms with E-state index in [-0.39, 0.29) is 34.7 Å². The molecule has 3 N–H and O–H groups in total. The SMILES string of the molecule is COC/C=C1\CN2CCC[C@@]2(COc2nc3c4c(nc(-c5c6c(cc7[nH]nc(N)c57)CCC[C@H]6C)c(F)c4n2)OC[C@@H]2COCCCN32)C1. The van der Waals surface area contributed by atoms with E-state index >= 15 is 4.39 Å². The molecule has 3 aromatic heterocycles. The molecule has 258 valence electrons. The number of nitrogen functional groups attached to an aromatic ring is 1. The third-order valence-electron chi connectivity index (χ3n) is 11.4. The van der Waals surface area contributed by atoms with Gasteiger partial charge >= 0.3 is 6.01 Å². The maximum Gasteiger partial charge on any atom is 0.319 e.